The molecule has 184 valence electrons. The topological polar surface area (TPSA) is 157 Å². The number of hydrogen-bond donors (Lipinski definition) is 3. The Labute approximate surface area is 201 Å². The van der Waals surface area contributed by atoms with Crippen LogP contribution in [0.3, 0.4) is 0 Å². The number of benzene rings is 2. The first-order chi connectivity index (χ1) is 16.6. The van der Waals surface area contributed by atoms with Gasteiger partial charge in [0.05, 0.1) is 16.9 Å². The van der Waals surface area contributed by atoms with E-state index in [-0.39, 0.29) is 25.4 Å². The molecule has 2 heterocycles. The summed E-state index contributed by atoms with van der Waals surface area (Å²) in [5.74, 6) is -0.722. The summed E-state index contributed by atoms with van der Waals surface area (Å²) in [6.45, 7) is 4.10. The SMILES string of the molecule is CC1(C)c2ccccc2N(CCOC(=O)NC[C@H](N)C(=O)O)C12C=Cc1cc([N+](=O)[O-])ccc1O2. The minimum absolute atomic E-state index is 0.00930. The van der Waals surface area contributed by atoms with Crippen LogP contribution in [-0.4, -0.2) is 53.6 Å². The zero-order valence-corrected chi connectivity index (χ0v) is 19.3. The van der Waals surface area contributed by atoms with E-state index in [4.69, 9.17) is 20.3 Å². The normalized spacial score (nSPS) is 19.9. The number of nitrogens with one attached hydrogen (secondary N) is 1. The molecule has 0 bridgehead atoms. The van der Waals surface area contributed by atoms with Crippen molar-refractivity contribution < 1.29 is 29.1 Å². The Morgan fingerprint density at radius 1 is 1.29 bits per heavy atom. The molecule has 0 saturated carbocycles. The van der Waals surface area contributed by atoms with Gasteiger partial charge in [-0.1, -0.05) is 18.2 Å². The minimum atomic E-state index is -1.23. The Morgan fingerprint density at radius 2 is 2.03 bits per heavy atom. The third-order valence-electron chi connectivity index (χ3n) is 6.45. The lowest BCUT2D eigenvalue weighted by atomic mass is 9.76. The van der Waals surface area contributed by atoms with Gasteiger partial charge in [0.15, 0.2) is 0 Å². The molecule has 35 heavy (non-hydrogen) atoms. The number of nitrogens with two attached hydrogens (primary N) is 1. The molecule has 0 aliphatic carbocycles. The molecule has 0 radical (unpaired) electrons. The summed E-state index contributed by atoms with van der Waals surface area (Å²) in [5.41, 5.74) is 6.40. The molecular formula is C24H26N4O7. The van der Waals surface area contributed by atoms with Gasteiger partial charge in [0.2, 0.25) is 5.72 Å². The lowest BCUT2D eigenvalue weighted by Gasteiger charge is -2.47. The summed E-state index contributed by atoms with van der Waals surface area (Å²) >= 11 is 0. The van der Waals surface area contributed by atoms with Crippen LogP contribution in [0.2, 0.25) is 0 Å². The Balaban J connectivity index is 1.58. The van der Waals surface area contributed by atoms with Gasteiger partial charge in [0, 0.05) is 29.9 Å². The van der Waals surface area contributed by atoms with E-state index in [1.807, 2.05) is 55.2 Å². The monoisotopic (exact) mass is 482 g/mol. The predicted molar refractivity (Wildman–Crippen MR) is 127 cm³/mol. The highest BCUT2D eigenvalue weighted by atomic mass is 16.6. The highest BCUT2D eigenvalue weighted by molar-refractivity contribution is 5.75. The summed E-state index contributed by atoms with van der Waals surface area (Å²) in [6, 6.07) is 11.1. The molecular weight excluding hydrogens is 456 g/mol. The molecule has 4 N–H and O–H groups in total. The van der Waals surface area contributed by atoms with Gasteiger partial charge in [-0.15, -0.1) is 0 Å². The summed E-state index contributed by atoms with van der Waals surface area (Å²) in [5, 5.41) is 22.3. The van der Waals surface area contributed by atoms with Gasteiger partial charge in [0.25, 0.3) is 5.69 Å². The van der Waals surface area contributed by atoms with E-state index < -0.39 is 34.2 Å². The smallest absolute Gasteiger partial charge is 0.407 e. The molecule has 2 aromatic carbocycles. The zero-order valence-electron chi connectivity index (χ0n) is 19.3. The van der Waals surface area contributed by atoms with Gasteiger partial charge >= 0.3 is 12.1 Å². The lowest BCUT2D eigenvalue weighted by Crippen LogP contribution is -2.60. The molecule has 1 spiro atoms. The first-order valence-corrected chi connectivity index (χ1v) is 11.0. The van der Waals surface area contributed by atoms with Crippen molar-refractivity contribution in [1.82, 2.24) is 5.32 Å². The summed E-state index contributed by atoms with van der Waals surface area (Å²) in [6.07, 6.45) is 2.92. The van der Waals surface area contributed by atoms with Crippen molar-refractivity contribution in [2.75, 3.05) is 24.6 Å². The molecule has 4 rings (SSSR count). The maximum atomic E-state index is 12.0. The number of nitrogens with zero attached hydrogens (tertiary/aromatic N) is 2. The molecule has 2 aliphatic heterocycles. The first kappa shape index (κ1) is 24.0. The standard InChI is InChI=1S/C24H26N4O7/c1-23(2)17-5-3-4-6-19(17)27(11-12-34-22(31)26-14-18(25)21(29)30)24(23)10-9-15-13-16(28(32)33)7-8-20(15)35-24/h3-10,13,18H,11-12,14,25H2,1-2H3,(H,26,31)(H,29,30)/t18-,24?/m0/s1. The highest BCUT2D eigenvalue weighted by Gasteiger charge is 2.58. The van der Waals surface area contributed by atoms with Gasteiger partial charge < -0.3 is 30.5 Å². The van der Waals surface area contributed by atoms with Crippen LogP contribution in [0.15, 0.2) is 48.5 Å². The lowest BCUT2D eigenvalue weighted by molar-refractivity contribution is -0.384. The molecule has 11 heteroatoms. The number of para-hydroxylation sites is 1. The van der Waals surface area contributed by atoms with E-state index in [0.29, 0.717) is 11.3 Å². The van der Waals surface area contributed by atoms with Crippen molar-refractivity contribution in [2.24, 2.45) is 5.73 Å². The van der Waals surface area contributed by atoms with E-state index in [0.717, 1.165) is 11.3 Å². The van der Waals surface area contributed by atoms with E-state index in [1.165, 1.54) is 12.1 Å². The van der Waals surface area contributed by atoms with Crippen LogP contribution in [0.4, 0.5) is 16.2 Å². The summed E-state index contributed by atoms with van der Waals surface area (Å²) < 4.78 is 11.8. The maximum Gasteiger partial charge on any atom is 0.407 e. The number of anilines is 1. The van der Waals surface area contributed by atoms with Crippen molar-refractivity contribution in [3.8, 4) is 5.75 Å². The number of rotatable bonds is 7. The fraction of sp³-hybridized carbons (Fsp3) is 0.333. The number of fused-ring (bicyclic) bond motifs is 2. The molecule has 1 unspecified atom stereocenters. The third kappa shape index (κ3) is 4.14. The fourth-order valence-electron chi connectivity index (χ4n) is 4.55. The molecule has 2 atom stereocenters. The predicted octanol–water partition coefficient (Wildman–Crippen LogP) is 2.63. The first-order valence-electron chi connectivity index (χ1n) is 11.0. The number of non-ortho nitro benzene ring substituents is 1. The number of carbonyl (C=O) groups is 2. The van der Waals surface area contributed by atoms with Crippen LogP contribution < -0.4 is 20.7 Å². The second-order valence-corrected chi connectivity index (χ2v) is 8.87. The van der Waals surface area contributed by atoms with Gasteiger partial charge in [0.1, 0.15) is 18.4 Å². The van der Waals surface area contributed by atoms with Crippen LogP contribution in [0, 0.1) is 10.1 Å². The zero-order chi connectivity index (χ0) is 25.4. The van der Waals surface area contributed by atoms with E-state index >= 15 is 0 Å². The van der Waals surface area contributed by atoms with Gasteiger partial charge in [-0.3, -0.25) is 14.9 Å². The number of nitro groups is 1. The summed E-state index contributed by atoms with van der Waals surface area (Å²) in [7, 11) is 0. The van der Waals surface area contributed by atoms with Gasteiger partial charge in [-0.2, -0.15) is 0 Å². The van der Waals surface area contributed by atoms with Crippen molar-refractivity contribution in [3.63, 3.8) is 0 Å². The molecule has 11 nitrogen and oxygen atoms in total. The Bertz CT molecular complexity index is 1210. The van der Waals surface area contributed by atoms with Crippen LogP contribution in [-0.2, 0) is 14.9 Å². The minimum Gasteiger partial charge on any atom is -0.480 e. The van der Waals surface area contributed by atoms with Gasteiger partial charge in [-0.25, -0.2) is 4.79 Å². The van der Waals surface area contributed by atoms with E-state index in [9.17, 15) is 19.7 Å². The largest absolute Gasteiger partial charge is 0.480 e. The average molecular weight is 482 g/mol. The van der Waals surface area contributed by atoms with Gasteiger partial charge in [-0.05, 0) is 43.7 Å². The second kappa shape index (κ2) is 8.91. The summed E-state index contributed by atoms with van der Waals surface area (Å²) in [4.78, 5) is 35.6. The van der Waals surface area contributed by atoms with E-state index in [1.54, 1.807) is 6.07 Å². The molecule has 1 amide bonds. The third-order valence-corrected chi connectivity index (χ3v) is 6.45. The Hall–Kier alpha value is -4.12. The maximum absolute atomic E-state index is 12.0. The average Bonchev–Trinajstić information content (AvgIpc) is 3.00. The van der Waals surface area contributed by atoms with Crippen molar-refractivity contribution in [3.05, 3.63) is 69.8 Å². The van der Waals surface area contributed by atoms with Crippen molar-refractivity contribution >= 4 is 29.5 Å². The number of hydrogen-bond acceptors (Lipinski definition) is 8. The molecule has 0 saturated heterocycles. The number of alkyl carbamates (subject to hydrolysis) is 1. The van der Waals surface area contributed by atoms with Crippen LogP contribution in [0.25, 0.3) is 6.08 Å². The molecule has 0 fully saturated rings. The number of carbonyl (C=O) groups excluding carboxylic acids is 1. The Morgan fingerprint density at radius 3 is 2.74 bits per heavy atom. The second-order valence-electron chi connectivity index (χ2n) is 8.87. The number of nitro benzene ring substituents is 1. The number of carboxylic acids is 1. The number of ether oxygens (including phenoxy) is 2. The highest BCUT2D eigenvalue weighted by Crippen LogP contribution is 2.54. The molecule has 2 aliphatic rings. The van der Waals surface area contributed by atoms with Crippen LogP contribution in [0.5, 0.6) is 5.75 Å². The fourth-order valence-corrected chi connectivity index (χ4v) is 4.55. The number of amides is 1. The Kier molecular flexibility index (Phi) is 6.12. The van der Waals surface area contributed by atoms with Crippen molar-refractivity contribution in [1.29, 1.82) is 0 Å². The van der Waals surface area contributed by atoms with E-state index in [2.05, 4.69) is 5.32 Å². The quantitative estimate of drug-likeness (QED) is 0.398. The molecule has 2 aromatic rings. The number of aliphatic carboxylic acids is 1. The number of carboxylic acid groups (broad SMARTS) is 1. The van der Waals surface area contributed by atoms with Crippen molar-refractivity contribution in [2.45, 2.75) is 31.0 Å². The van der Waals surface area contributed by atoms with Crippen LogP contribution in [0.1, 0.15) is 25.0 Å². The van der Waals surface area contributed by atoms with Crippen LogP contribution >= 0.6 is 0 Å². The molecule has 0 aromatic heterocycles.